The summed E-state index contributed by atoms with van der Waals surface area (Å²) in [7, 11) is 0. The van der Waals surface area contributed by atoms with E-state index in [1.54, 1.807) is 17.9 Å². The molecule has 0 radical (unpaired) electrons. The molecule has 0 bridgehead atoms. The molecule has 27 heavy (non-hydrogen) atoms. The molecular weight excluding hydrogens is 459 g/mol. The fourth-order valence-corrected chi connectivity index (χ4v) is 3.83. The third kappa shape index (κ3) is 6.07. The van der Waals surface area contributed by atoms with Crippen LogP contribution in [0.25, 0.3) is 0 Å². The van der Waals surface area contributed by atoms with Crippen LogP contribution in [0.2, 0.25) is 0 Å². The predicted molar refractivity (Wildman–Crippen MR) is 113 cm³/mol. The molecule has 1 amide bonds. The van der Waals surface area contributed by atoms with Gasteiger partial charge in [-0.05, 0) is 68.8 Å². The largest absolute Gasteiger partial charge is 0.462 e. The lowest BCUT2D eigenvalue weighted by Gasteiger charge is -2.40. The molecule has 0 saturated carbocycles. The minimum atomic E-state index is -0.489. The number of rotatable bonds is 4. The number of esters is 1. The predicted octanol–water partition coefficient (Wildman–Crippen LogP) is 3.91. The summed E-state index contributed by atoms with van der Waals surface area (Å²) in [5.41, 5.74) is 1.21. The van der Waals surface area contributed by atoms with Crippen LogP contribution in [0.3, 0.4) is 0 Å². The fraction of sp³-hybridized carbons (Fsp3) is 0.600. The standard InChI is InChI=1S/C20H29IN2O4/c1-6-26-18(24)16-9-7-8-15(17(16)21)13-22-10-11-23(14(2)12-22)19(25)27-20(3,4)5/h7-9,14H,6,10-13H2,1-5H3. The Morgan fingerprint density at radius 1 is 1.26 bits per heavy atom. The average Bonchev–Trinajstić information content (AvgIpc) is 2.55. The zero-order valence-corrected chi connectivity index (χ0v) is 18.9. The summed E-state index contributed by atoms with van der Waals surface area (Å²) in [6.07, 6.45) is -0.256. The Balaban J connectivity index is 2.02. The molecule has 1 aromatic carbocycles. The number of hydrogen-bond donors (Lipinski definition) is 0. The highest BCUT2D eigenvalue weighted by Gasteiger charge is 2.31. The van der Waals surface area contributed by atoms with Crippen LogP contribution in [-0.2, 0) is 16.0 Å². The highest BCUT2D eigenvalue weighted by molar-refractivity contribution is 14.1. The summed E-state index contributed by atoms with van der Waals surface area (Å²) in [4.78, 5) is 28.5. The number of halogens is 1. The summed E-state index contributed by atoms with van der Waals surface area (Å²) in [6.45, 7) is 12.7. The Kier molecular flexibility index (Phi) is 7.50. The maximum atomic E-state index is 12.4. The molecule has 0 N–H and O–H groups in total. The Bertz CT molecular complexity index is 687. The first-order valence-corrected chi connectivity index (χ1v) is 10.4. The minimum Gasteiger partial charge on any atom is -0.462 e. The van der Waals surface area contributed by atoms with Gasteiger partial charge in [0.15, 0.2) is 0 Å². The van der Waals surface area contributed by atoms with Gasteiger partial charge in [0.05, 0.1) is 12.2 Å². The minimum absolute atomic E-state index is 0.0690. The summed E-state index contributed by atoms with van der Waals surface area (Å²) < 4.78 is 11.6. The SMILES string of the molecule is CCOC(=O)c1cccc(CN2CCN(C(=O)OC(C)(C)C)C(C)C2)c1I. The van der Waals surface area contributed by atoms with E-state index in [0.717, 1.165) is 28.8 Å². The molecule has 1 aliphatic rings. The van der Waals surface area contributed by atoms with Gasteiger partial charge in [0.25, 0.3) is 0 Å². The molecule has 1 atom stereocenters. The topological polar surface area (TPSA) is 59.1 Å². The van der Waals surface area contributed by atoms with E-state index in [-0.39, 0.29) is 18.1 Å². The van der Waals surface area contributed by atoms with Crippen LogP contribution in [0.5, 0.6) is 0 Å². The molecule has 1 saturated heterocycles. The second-order valence-corrected chi connectivity index (χ2v) is 8.84. The van der Waals surface area contributed by atoms with E-state index in [0.29, 0.717) is 18.7 Å². The maximum absolute atomic E-state index is 12.4. The Morgan fingerprint density at radius 3 is 2.56 bits per heavy atom. The zero-order valence-electron chi connectivity index (χ0n) is 16.8. The number of carbonyl (C=O) groups excluding carboxylic acids is 2. The Labute approximate surface area is 175 Å². The van der Waals surface area contributed by atoms with E-state index >= 15 is 0 Å². The lowest BCUT2D eigenvalue weighted by atomic mass is 10.1. The summed E-state index contributed by atoms with van der Waals surface area (Å²) in [5, 5.41) is 0. The van der Waals surface area contributed by atoms with Crippen LogP contribution in [0.4, 0.5) is 4.79 Å². The molecule has 1 aliphatic heterocycles. The normalized spacial score (nSPS) is 18.3. The van der Waals surface area contributed by atoms with Crippen LogP contribution in [0.15, 0.2) is 18.2 Å². The lowest BCUT2D eigenvalue weighted by molar-refractivity contribution is 0.000496. The maximum Gasteiger partial charge on any atom is 0.410 e. The van der Waals surface area contributed by atoms with Crippen molar-refractivity contribution < 1.29 is 19.1 Å². The lowest BCUT2D eigenvalue weighted by Crippen LogP contribution is -2.54. The third-order valence-corrected chi connectivity index (χ3v) is 5.58. The molecule has 0 spiro atoms. The quantitative estimate of drug-likeness (QED) is 0.475. The van der Waals surface area contributed by atoms with Crippen molar-refractivity contribution in [2.45, 2.75) is 52.8 Å². The van der Waals surface area contributed by atoms with E-state index in [1.807, 2.05) is 39.8 Å². The summed E-state index contributed by atoms with van der Waals surface area (Å²) in [5.74, 6) is -0.285. The average molecular weight is 488 g/mol. The number of ether oxygens (including phenoxy) is 2. The Hall–Kier alpha value is -1.35. The Morgan fingerprint density at radius 2 is 1.96 bits per heavy atom. The number of nitrogens with zero attached hydrogens (tertiary/aromatic N) is 2. The van der Waals surface area contributed by atoms with Gasteiger partial charge >= 0.3 is 12.1 Å². The van der Waals surface area contributed by atoms with Crippen LogP contribution >= 0.6 is 22.6 Å². The number of piperazine rings is 1. The number of hydrogen-bond acceptors (Lipinski definition) is 5. The van der Waals surface area contributed by atoms with Gasteiger partial charge in [-0.15, -0.1) is 0 Å². The third-order valence-electron chi connectivity index (χ3n) is 4.31. The van der Waals surface area contributed by atoms with Gasteiger partial charge in [-0.3, -0.25) is 4.90 Å². The van der Waals surface area contributed by atoms with Crippen molar-refractivity contribution in [3.8, 4) is 0 Å². The van der Waals surface area contributed by atoms with Gasteiger partial charge in [0, 0.05) is 35.8 Å². The van der Waals surface area contributed by atoms with E-state index in [9.17, 15) is 9.59 Å². The van der Waals surface area contributed by atoms with E-state index in [1.165, 1.54) is 0 Å². The molecule has 1 unspecified atom stereocenters. The highest BCUT2D eigenvalue weighted by Crippen LogP contribution is 2.22. The fourth-order valence-electron chi connectivity index (χ4n) is 3.08. The van der Waals surface area contributed by atoms with Gasteiger partial charge in [0.2, 0.25) is 0 Å². The van der Waals surface area contributed by atoms with Gasteiger partial charge in [-0.25, -0.2) is 9.59 Å². The molecule has 6 nitrogen and oxygen atoms in total. The first-order valence-electron chi connectivity index (χ1n) is 9.29. The molecule has 1 fully saturated rings. The number of amides is 1. The molecular formula is C20H29IN2O4. The van der Waals surface area contributed by atoms with Crippen molar-refractivity contribution in [2.75, 3.05) is 26.2 Å². The molecule has 7 heteroatoms. The van der Waals surface area contributed by atoms with Crippen molar-refractivity contribution >= 4 is 34.7 Å². The summed E-state index contributed by atoms with van der Waals surface area (Å²) in [6, 6.07) is 5.80. The van der Waals surface area contributed by atoms with Crippen LogP contribution < -0.4 is 0 Å². The van der Waals surface area contributed by atoms with Gasteiger partial charge in [-0.1, -0.05) is 12.1 Å². The van der Waals surface area contributed by atoms with Crippen molar-refractivity contribution in [1.29, 1.82) is 0 Å². The van der Waals surface area contributed by atoms with Gasteiger partial charge < -0.3 is 14.4 Å². The molecule has 0 aromatic heterocycles. The first-order chi connectivity index (χ1) is 12.6. The zero-order chi connectivity index (χ0) is 20.2. The number of carbonyl (C=O) groups is 2. The van der Waals surface area contributed by atoms with Crippen molar-refractivity contribution in [3.05, 3.63) is 32.9 Å². The second kappa shape index (κ2) is 9.23. The van der Waals surface area contributed by atoms with Gasteiger partial charge in [0.1, 0.15) is 5.60 Å². The number of benzene rings is 1. The van der Waals surface area contributed by atoms with Crippen LogP contribution in [0.1, 0.15) is 50.5 Å². The van der Waals surface area contributed by atoms with Crippen LogP contribution in [-0.4, -0.2) is 59.7 Å². The van der Waals surface area contributed by atoms with E-state index < -0.39 is 5.60 Å². The molecule has 1 aromatic rings. The molecule has 0 aliphatic carbocycles. The van der Waals surface area contributed by atoms with Crippen molar-refractivity contribution in [3.63, 3.8) is 0 Å². The molecule has 150 valence electrons. The molecule has 1 heterocycles. The van der Waals surface area contributed by atoms with E-state index in [2.05, 4.69) is 27.5 Å². The smallest absolute Gasteiger partial charge is 0.410 e. The first kappa shape index (κ1) is 21.9. The van der Waals surface area contributed by atoms with Crippen molar-refractivity contribution in [1.82, 2.24) is 9.80 Å². The van der Waals surface area contributed by atoms with Crippen LogP contribution in [0, 0.1) is 3.57 Å². The summed E-state index contributed by atoms with van der Waals surface area (Å²) >= 11 is 2.21. The van der Waals surface area contributed by atoms with E-state index in [4.69, 9.17) is 9.47 Å². The molecule has 2 rings (SSSR count). The highest BCUT2D eigenvalue weighted by atomic mass is 127. The van der Waals surface area contributed by atoms with Gasteiger partial charge in [-0.2, -0.15) is 0 Å². The van der Waals surface area contributed by atoms with Crippen molar-refractivity contribution in [2.24, 2.45) is 0 Å². The second-order valence-electron chi connectivity index (χ2n) is 7.76. The monoisotopic (exact) mass is 488 g/mol.